The number of nitrogens with zero attached hydrogens (tertiary/aromatic N) is 1. The molecule has 6 nitrogen and oxygen atoms in total. The molecule has 8 heteroatoms. The van der Waals surface area contributed by atoms with E-state index < -0.39 is 5.97 Å². The molecule has 1 fully saturated rings. The van der Waals surface area contributed by atoms with Crippen LogP contribution in [0.25, 0.3) is 17.4 Å². The molecule has 0 radical (unpaired) electrons. The fourth-order valence-electron chi connectivity index (χ4n) is 3.16. The molecule has 2 heterocycles. The second-order valence-electron chi connectivity index (χ2n) is 6.90. The van der Waals surface area contributed by atoms with Gasteiger partial charge in [-0.2, -0.15) is 0 Å². The molecule has 1 N–H and O–H groups in total. The summed E-state index contributed by atoms with van der Waals surface area (Å²) in [7, 11) is 0. The van der Waals surface area contributed by atoms with Gasteiger partial charge in [-0.25, -0.2) is 4.79 Å². The molecule has 0 saturated carbocycles. The van der Waals surface area contributed by atoms with E-state index in [0.717, 1.165) is 27.4 Å². The number of rotatable bonds is 5. The Bertz CT molecular complexity index is 1250. The molecular formula is C23H16BrNO5S. The van der Waals surface area contributed by atoms with Gasteiger partial charge in [-0.3, -0.25) is 14.5 Å². The highest BCUT2D eigenvalue weighted by Crippen LogP contribution is 2.35. The number of carboxylic acid groups (broad SMARTS) is 1. The minimum atomic E-state index is -1.02. The maximum atomic E-state index is 12.8. The molecule has 156 valence electrons. The Balaban J connectivity index is 1.58. The minimum absolute atomic E-state index is 0.159. The highest BCUT2D eigenvalue weighted by atomic mass is 79.9. The van der Waals surface area contributed by atoms with E-state index in [4.69, 9.17) is 4.42 Å². The molecule has 31 heavy (non-hydrogen) atoms. The van der Waals surface area contributed by atoms with E-state index in [1.807, 2.05) is 31.2 Å². The summed E-state index contributed by atoms with van der Waals surface area (Å²) in [5.74, 6) is -0.514. The van der Waals surface area contributed by atoms with Crippen LogP contribution >= 0.6 is 27.7 Å². The molecule has 1 aliphatic rings. The molecule has 1 aromatic heterocycles. The Kier molecular flexibility index (Phi) is 5.84. The number of carbonyl (C=O) groups is 3. The van der Waals surface area contributed by atoms with Gasteiger partial charge in [0.15, 0.2) is 0 Å². The maximum absolute atomic E-state index is 12.8. The highest BCUT2D eigenvalue weighted by Gasteiger charge is 2.35. The van der Waals surface area contributed by atoms with Crippen molar-refractivity contribution in [1.82, 2.24) is 4.90 Å². The van der Waals surface area contributed by atoms with Crippen LogP contribution in [0.1, 0.15) is 27.2 Å². The first-order chi connectivity index (χ1) is 14.8. The van der Waals surface area contributed by atoms with Crippen molar-refractivity contribution < 1.29 is 23.9 Å². The van der Waals surface area contributed by atoms with Crippen LogP contribution in [0, 0.1) is 6.92 Å². The quantitative estimate of drug-likeness (QED) is 0.438. The second-order valence-corrected chi connectivity index (χ2v) is 8.74. The lowest BCUT2D eigenvalue weighted by molar-refractivity contribution is -0.123. The first-order valence-electron chi connectivity index (χ1n) is 9.26. The van der Waals surface area contributed by atoms with Crippen molar-refractivity contribution in [1.29, 1.82) is 0 Å². The molecule has 2 amide bonds. The molecule has 0 unspecified atom stereocenters. The Morgan fingerprint density at radius 1 is 1.16 bits per heavy atom. The minimum Gasteiger partial charge on any atom is -0.478 e. The Labute approximate surface area is 190 Å². The monoisotopic (exact) mass is 497 g/mol. The van der Waals surface area contributed by atoms with Gasteiger partial charge >= 0.3 is 5.97 Å². The van der Waals surface area contributed by atoms with Crippen molar-refractivity contribution in [2.24, 2.45) is 0 Å². The third-order valence-electron chi connectivity index (χ3n) is 4.81. The van der Waals surface area contributed by atoms with E-state index in [1.165, 1.54) is 17.0 Å². The third kappa shape index (κ3) is 4.35. The van der Waals surface area contributed by atoms with Crippen LogP contribution in [0.15, 0.2) is 68.4 Å². The van der Waals surface area contributed by atoms with Crippen LogP contribution < -0.4 is 0 Å². The van der Waals surface area contributed by atoms with E-state index in [-0.39, 0.29) is 28.2 Å². The fourth-order valence-corrected chi connectivity index (χ4v) is 4.39. The molecule has 2 aromatic carbocycles. The SMILES string of the molecule is Cc1ccc(C(=O)O)cc1-c1ccc(/C=C2\SC(=O)N(Cc3ccccc3Br)C2=O)o1. The van der Waals surface area contributed by atoms with Gasteiger partial charge in [0.2, 0.25) is 0 Å². The molecular weight excluding hydrogens is 482 g/mol. The summed E-state index contributed by atoms with van der Waals surface area (Å²) >= 11 is 4.30. The van der Waals surface area contributed by atoms with E-state index in [9.17, 15) is 19.5 Å². The van der Waals surface area contributed by atoms with E-state index in [0.29, 0.717) is 17.1 Å². The van der Waals surface area contributed by atoms with Gasteiger partial charge in [0.25, 0.3) is 11.1 Å². The first kappa shape index (κ1) is 21.1. The number of carbonyl (C=O) groups excluding carboxylic acids is 2. The standard InChI is InChI=1S/C23H16BrNO5S/c1-13-6-7-14(22(27)28)10-17(13)19-9-8-16(30-19)11-20-21(26)25(23(29)31-20)12-15-4-2-3-5-18(15)24/h2-11H,12H2,1H3,(H,27,28)/b20-11-. The topological polar surface area (TPSA) is 87.8 Å². The number of hydrogen-bond acceptors (Lipinski definition) is 5. The lowest BCUT2D eigenvalue weighted by atomic mass is 10.0. The van der Waals surface area contributed by atoms with Crippen molar-refractivity contribution >= 4 is 50.9 Å². The lowest BCUT2D eigenvalue weighted by Crippen LogP contribution is -2.27. The summed E-state index contributed by atoms with van der Waals surface area (Å²) in [6.07, 6.45) is 1.53. The summed E-state index contributed by atoms with van der Waals surface area (Å²) < 4.78 is 6.66. The van der Waals surface area contributed by atoms with Crippen molar-refractivity contribution in [3.8, 4) is 11.3 Å². The molecule has 4 rings (SSSR count). The third-order valence-corrected chi connectivity index (χ3v) is 6.49. The normalized spacial score (nSPS) is 15.2. The summed E-state index contributed by atoms with van der Waals surface area (Å²) in [4.78, 5) is 37.9. The van der Waals surface area contributed by atoms with Gasteiger partial charge in [0.1, 0.15) is 11.5 Å². The molecule has 0 spiro atoms. The smallest absolute Gasteiger partial charge is 0.335 e. The zero-order chi connectivity index (χ0) is 22.1. The summed E-state index contributed by atoms with van der Waals surface area (Å²) in [5, 5.41) is 8.88. The van der Waals surface area contributed by atoms with E-state index >= 15 is 0 Å². The van der Waals surface area contributed by atoms with Crippen molar-refractivity contribution in [2.75, 3.05) is 0 Å². The molecule has 3 aromatic rings. The number of hydrogen-bond donors (Lipinski definition) is 1. The number of imide groups is 1. The number of aromatic carboxylic acids is 1. The highest BCUT2D eigenvalue weighted by molar-refractivity contribution is 9.10. The van der Waals surface area contributed by atoms with Crippen LogP contribution in [-0.2, 0) is 11.3 Å². The zero-order valence-corrected chi connectivity index (χ0v) is 18.7. The number of benzene rings is 2. The zero-order valence-electron chi connectivity index (χ0n) is 16.3. The summed E-state index contributed by atoms with van der Waals surface area (Å²) in [6.45, 7) is 2.03. The van der Waals surface area contributed by atoms with Gasteiger partial charge in [0, 0.05) is 16.1 Å². The Hall–Kier alpha value is -3.10. The van der Waals surface area contributed by atoms with E-state index in [1.54, 1.807) is 24.3 Å². The van der Waals surface area contributed by atoms with Crippen LogP contribution in [-0.4, -0.2) is 27.1 Å². The fraction of sp³-hybridized carbons (Fsp3) is 0.0870. The Morgan fingerprint density at radius 2 is 1.94 bits per heavy atom. The number of thioether (sulfide) groups is 1. The van der Waals surface area contributed by atoms with Crippen LogP contribution in [0.2, 0.25) is 0 Å². The predicted octanol–water partition coefficient (Wildman–Crippen LogP) is 5.95. The second kappa shape index (κ2) is 8.56. The van der Waals surface area contributed by atoms with Crippen molar-refractivity contribution in [3.63, 3.8) is 0 Å². The van der Waals surface area contributed by atoms with Gasteiger partial charge in [-0.15, -0.1) is 0 Å². The molecule has 0 atom stereocenters. The van der Waals surface area contributed by atoms with Gasteiger partial charge in [-0.1, -0.05) is 40.2 Å². The number of halogens is 1. The molecule has 0 bridgehead atoms. The van der Waals surface area contributed by atoms with Crippen molar-refractivity contribution in [2.45, 2.75) is 13.5 Å². The average molecular weight is 498 g/mol. The first-order valence-corrected chi connectivity index (χ1v) is 10.9. The number of carboxylic acids is 1. The number of aryl methyl sites for hydroxylation is 1. The maximum Gasteiger partial charge on any atom is 0.335 e. The van der Waals surface area contributed by atoms with Crippen LogP contribution in [0.3, 0.4) is 0 Å². The van der Waals surface area contributed by atoms with Crippen LogP contribution in [0.5, 0.6) is 0 Å². The average Bonchev–Trinajstić information content (AvgIpc) is 3.30. The predicted molar refractivity (Wildman–Crippen MR) is 121 cm³/mol. The van der Waals surface area contributed by atoms with Crippen LogP contribution in [0.4, 0.5) is 4.79 Å². The molecule has 1 aliphatic heterocycles. The number of amides is 2. The molecule has 0 aliphatic carbocycles. The Morgan fingerprint density at radius 3 is 2.68 bits per heavy atom. The molecule has 1 saturated heterocycles. The van der Waals surface area contributed by atoms with Gasteiger partial charge in [-0.05, 0) is 60.1 Å². The van der Waals surface area contributed by atoms with Gasteiger partial charge in [0.05, 0.1) is 17.0 Å². The number of furan rings is 1. The van der Waals surface area contributed by atoms with Crippen molar-refractivity contribution in [3.05, 3.63) is 86.4 Å². The largest absolute Gasteiger partial charge is 0.478 e. The lowest BCUT2D eigenvalue weighted by Gasteiger charge is -2.13. The van der Waals surface area contributed by atoms with E-state index in [2.05, 4.69) is 15.9 Å². The summed E-state index contributed by atoms with van der Waals surface area (Å²) in [5.41, 5.74) is 2.51. The van der Waals surface area contributed by atoms with Gasteiger partial charge < -0.3 is 9.52 Å². The summed E-state index contributed by atoms with van der Waals surface area (Å²) in [6, 6.07) is 15.6.